The molecular weight excluding hydrogens is 291 g/mol. The summed E-state index contributed by atoms with van der Waals surface area (Å²) in [6, 6.07) is 12.9. The number of cyclic esters (lactones) is 1. The molecule has 0 radical (unpaired) electrons. The van der Waals surface area contributed by atoms with Gasteiger partial charge in [-0.2, -0.15) is 0 Å². The van der Waals surface area contributed by atoms with Gasteiger partial charge in [-0.15, -0.1) is 0 Å². The highest BCUT2D eigenvalue weighted by Crippen LogP contribution is 2.27. The molecule has 0 aliphatic carbocycles. The van der Waals surface area contributed by atoms with Crippen LogP contribution < -0.4 is 0 Å². The predicted molar refractivity (Wildman–Crippen MR) is 79.9 cm³/mol. The first-order valence-corrected chi connectivity index (χ1v) is 6.67. The van der Waals surface area contributed by atoms with Crippen LogP contribution in [0, 0.1) is 5.82 Å². The fourth-order valence-corrected chi connectivity index (χ4v) is 2.11. The van der Waals surface area contributed by atoms with Crippen LogP contribution in [0.5, 0.6) is 0 Å². The number of ether oxygens (including phenoxy) is 1. The highest BCUT2D eigenvalue weighted by Gasteiger charge is 2.21. The number of hydrogen-bond donors (Lipinski definition) is 0. The largest absolute Gasteiger partial charge is 0.422 e. The van der Waals surface area contributed by atoms with Crippen molar-refractivity contribution in [3.63, 3.8) is 0 Å². The molecule has 104 valence electrons. The van der Waals surface area contributed by atoms with E-state index in [1.54, 1.807) is 36.4 Å². The van der Waals surface area contributed by atoms with E-state index in [4.69, 9.17) is 16.3 Å². The van der Waals surface area contributed by atoms with Gasteiger partial charge in [0.1, 0.15) is 11.6 Å². The molecule has 1 aliphatic heterocycles. The monoisotopic (exact) mass is 300 g/mol. The van der Waals surface area contributed by atoms with Crippen molar-refractivity contribution >= 4 is 29.4 Å². The van der Waals surface area contributed by atoms with E-state index >= 15 is 0 Å². The number of carbonyl (C=O) groups excluding carboxylic acids is 1. The third-order valence-corrected chi connectivity index (χ3v) is 3.30. The zero-order chi connectivity index (χ0) is 14.8. The number of esters is 1. The van der Waals surface area contributed by atoms with E-state index in [-0.39, 0.29) is 5.82 Å². The SMILES string of the molecule is O=C1OC(c2ccc(F)cc2)=CC1=Cc1ccc(Cl)cc1. The Labute approximate surface area is 126 Å². The molecule has 0 spiro atoms. The minimum Gasteiger partial charge on any atom is -0.422 e. The van der Waals surface area contributed by atoms with Gasteiger partial charge >= 0.3 is 5.97 Å². The predicted octanol–water partition coefficient (Wildman–Crippen LogP) is 4.46. The summed E-state index contributed by atoms with van der Waals surface area (Å²) in [6.07, 6.45) is 3.36. The van der Waals surface area contributed by atoms with E-state index < -0.39 is 5.97 Å². The molecule has 1 heterocycles. The third-order valence-electron chi connectivity index (χ3n) is 3.05. The summed E-state index contributed by atoms with van der Waals surface area (Å²) in [5, 5.41) is 0.633. The second kappa shape index (κ2) is 5.54. The van der Waals surface area contributed by atoms with E-state index in [1.807, 2.05) is 12.1 Å². The Hall–Kier alpha value is -2.39. The molecule has 4 heteroatoms. The average Bonchev–Trinajstić information content (AvgIpc) is 2.83. The summed E-state index contributed by atoms with van der Waals surface area (Å²) in [5.41, 5.74) is 1.95. The molecule has 2 aromatic carbocycles. The van der Waals surface area contributed by atoms with E-state index in [1.165, 1.54) is 12.1 Å². The molecule has 2 nitrogen and oxygen atoms in total. The first kappa shape index (κ1) is 13.6. The van der Waals surface area contributed by atoms with Crippen LogP contribution >= 0.6 is 11.6 Å². The van der Waals surface area contributed by atoms with Gasteiger partial charge in [0.05, 0.1) is 5.57 Å². The lowest BCUT2D eigenvalue weighted by molar-refractivity contribution is -0.130. The van der Waals surface area contributed by atoms with E-state index in [2.05, 4.69) is 0 Å². The van der Waals surface area contributed by atoms with E-state index in [9.17, 15) is 9.18 Å². The van der Waals surface area contributed by atoms with Crippen molar-refractivity contribution in [1.29, 1.82) is 0 Å². The summed E-state index contributed by atoms with van der Waals surface area (Å²) in [4.78, 5) is 11.9. The minimum absolute atomic E-state index is 0.333. The number of halogens is 2. The highest BCUT2D eigenvalue weighted by molar-refractivity contribution is 6.30. The topological polar surface area (TPSA) is 26.3 Å². The molecule has 3 rings (SSSR count). The fraction of sp³-hybridized carbons (Fsp3) is 0. The molecule has 0 fully saturated rings. The van der Waals surface area contributed by atoms with Gasteiger partial charge in [-0.25, -0.2) is 9.18 Å². The summed E-state index contributed by atoms with van der Waals surface area (Å²) < 4.78 is 18.1. The summed E-state index contributed by atoms with van der Waals surface area (Å²) in [7, 11) is 0. The molecular formula is C17H10ClFO2. The molecule has 2 aromatic rings. The van der Waals surface area contributed by atoms with Crippen molar-refractivity contribution in [3.05, 3.63) is 82.1 Å². The van der Waals surface area contributed by atoms with Crippen molar-refractivity contribution in [2.75, 3.05) is 0 Å². The Balaban J connectivity index is 1.91. The van der Waals surface area contributed by atoms with Crippen molar-refractivity contribution in [2.45, 2.75) is 0 Å². The number of rotatable bonds is 2. The van der Waals surface area contributed by atoms with Crippen molar-refractivity contribution in [1.82, 2.24) is 0 Å². The van der Waals surface area contributed by atoms with Gasteiger partial charge in [0.15, 0.2) is 0 Å². The van der Waals surface area contributed by atoms with Gasteiger partial charge in [0, 0.05) is 10.6 Å². The molecule has 21 heavy (non-hydrogen) atoms. The smallest absolute Gasteiger partial charge is 0.343 e. The van der Waals surface area contributed by atoms with Crippen LogP contribution in [0.2, 0.25) is 5.02 Å². The van der Waals surface area contributed by atoms with Gasteiger partial charge < -0.3 is 4.74 Å². The average molecular weight is 301 g/mol. The molecule has 0 unspecified atom stereocenters. The summed E-state index contributed by atoms with van der Waals surface area (Å²) >= 11 is 5.82. The molecule has 0 saturated heterocycles. The lowest BCUT2D eigenvalue weighted by atomic mass is 10.1. The maximum atomic E-state index is 12.9. The third kappa shape index (κ3) is 3.03. The fourth-order valence-electron chi connectivity index (χ4n) is 1.98. The Morgan fingerprint density at radius 2 is 1.67 bits per heavy atom. The maximum absolute atomic E-state index is 12.9. The Bertz CT molecular complexity index is 743. The van der Waals surface area contributed by atoms with Crippen molar-refractivity contribution < 1.29 is 13.9 Å². The van der Waals surface area contributed by atoms with Crippen LogP contribution in [0.25, 0.3) is 11.8 Å². The van der Waals surface area contributed by atoms with Crippen LogP contribution in [-0.2, 0) is 9.53 Å². The first-order chi connectivity index (χ1) is 10.1. The van der Waals surface area contributed by atoms with Crippen LogP contribution in [-0.4, -0.2) is 5.97 Å². The van der Waals surface area contributed by atoms with E-state index in [0.717, 1.165) is 5.56 Å². The highest BCUT2D eigenvalue weighted by atomic mass is 35.5. The molecule has 0 aromatic heterocycles. The van der Waals surface area contributed by atoms with Crippen LogP contribution in [0.1, 0.15) is 11.1 Å². The Morgan fingerprint density at radius 1 is 1.00 bits per heavy atom. The first-order valence-electron chi connectivity index (χ1n) is 6.29. The lowest BCUT2D eigenvalue weighted by Crippen LogP contribution is -1.97. The standard InChI is InChI=1S/C17H10ClFO2/c18-14-5-1-11(2-6-14)9-13-10-16(21-17(13)20)12-3-7-15(19)8-4-12/h1-10H. The second-order valence-electron chi connectivity index (χ2n) is 4.56. The molecule has 1 aliphatic rings. The Kier molecular flexibility index (Phi) is 3.59. The van der Waals surface area contributed by atoms with Gasteiger partial charge in [-0.05, 0) is 54.1 Å². The normalized spacial score (nSPS) is 16.0. The zero-order valence-electron chi connectivity index (χ0n) is 10.8. The zero-order valence-corrected chi connectivity index (χ0v) is 11.6. The molecule has 0 amide bonds. The van der Waals surface area contributed by atoms with Gasteiger partial charge in [0.2, 0.25) is 0 Å². The molecule has 0 bridgehead atoms. The van der Waals surface area contributed by atoms with Crippen molar-refractivity contribution in [3.8, 4) is 0 Å². The summed E-state index contributed by atoms with van der Waals surface area (Å²) in [6.45, 7) is 0. The molecule has 0 N–H and O–H groups in total. The van der Waals surface area contributed by atoms with Crippen LogP contribution in [0.15, 0.2) is 60.2 Å². The number of hydrogen-bond acceptors (Lipinski definition) is 2. The molecule has 0 saturated carbocycles. The van der Waals surface area contributed by atoms with Gasteiger partial charge in [0.25, 0.3) is 0 Å². The van der Waals surface area contributed by atoms with Gasteiger partial charge in [-0.1, -0.05) is 23.7 Å². The molecule has 0 atom stereocenters. The maximum Gasteiger partial charge on any atom is 0.343 e. The minimum atomic E-state index is -0.427. The van der Waals surface area contributed by atoms with Crippen LogP contribution in [0.4, 0.5) is 4.39 Å². The second-order valence-corrected chi connectivity index (χ2v) is 4.99. The Morgan fingerprint density at radius 3 is 2.33 bits per heavy atom. The lowest BCUT2D eigenvalue weighted by Gasteiger charge is -2.00. The quantitative estimate of drug-likeness (QED) is 0.604. The number of benzene rings is 2. The van der Waals surface area contributed by atoms with Crippen LogP contribution in [0.3, 0.4) is 0 Å². The van der Waals surface area contributed by atoms with Crippen molar-refractivity contribution in [2.24, 2.45) is 0 Å². The van der Waals surface area contributed by atoms with E-state index in [0.29, 0.717) is 21.9 Å². The number of carbonyl (C=O) groups is 1. The summed E-state index contributed by atoms with van der Waals surface area (Å²) in [5.74, 6) is -0.343. The van der Waals surface area contributed by atoms with Gasteiger partial charge in [-0.3, -0.25) is 0 Å².